The third-order valence-electron chi connectivity index (χ3n) is 4.86. The van der Waals surface area contributed by atoms with Gasteiger partial charge in [0.25, 0.3) is 0 Å². The van der Waals surface area contributed by atoms with Crippen LogP contribution < -0.4 is 16.4 Å². The molecule has 1 amide bonds. The number of amides is 1. The van der Waals surface area contributed by atoms with Crippen LogP contribution in [0.4, 0.5) is 8.78 Å². The summed E-state index contributed by atoms with van der Waals surface area (Å²) in [7, 11) is 0. The second-order valence-electron chi connectivity index (χ2n) is 7.13. The Morgan fingerprint density at radius 3 is 2.68 bits per heavy atom. The summed E-state index contributed by atoms with van der Waals surface area (Å²) in [5.41, 5.74) is 9.07. The molecule has 0 saturated heterocycles. The predicted molar refractivity (Wildman–Crippen MR) is 102 cm³/mol. The van der Waals surface area contributed by atoms with Crippen LogP contribution in [-0.4, -0.2) is 31.1 Å². The fraction of sp³-hybridized carbons (Fsp3) is 0.381. The molecule has 1 heterocycles. The quantitative estimate of drug-likeness (QED) is 0.679. The minimum Gasteiger partial charge on any atom is -0.375 e. The summed E-state index contributed by atoms with van der Waals surface area (Å²) in [5.74, 6) is -1.55. The van der Waals surface area contributed by atoms with Crippen molar-refractivity contribution in [2.75, 3.05) is 13.2 Å². The van der Waals surface area contributed by atoms with Crippen LogP contribution in [0.3, 0.4) is 0 Å². The Balaban J connectivity index is 1.66. The second kappa shape index (κ2) is 9.23. The standard InChI is InChI=1S/C21H25F2N3O2/c1-13(27)26-20(8-14-6-16(22)9-17(23)7-14)19(24)10-25-21-12-28-11-15-4-2-3-5-18(15)21/h2-7,9,19-21,25H,8,10-12,24H2,1H3,(H,26,27)/t19-,20-,21?/m0/s1. The Hall–Kier alpha value is -2.35. The first kappa shape index (κ1) is 20.4. The number of halogens is 2. The zero-order chi connectivity index (χ0) is 20.1. The van der Waals surface area contributed by atoms with E-state index in [0.717, 1.165) is 11.6 Å². The van der Waals surface area contributed by atoms with Crippen molar-refractivity contribution in [1.29, 1.82) is 0 Å². The van der Waals surface area contributed by atoms with Crippen LogP contribution in [0, 0.1) is 11.6 Å². The third kappa shape index (κ3) is 5.34. The lowest BCUT2D eigenvalue weighted by Crippen LogP contribution is -2.53. The predicted octanol–water partition coefficient (Wildman–Crippen LogP) is 2.20. The number of hydrogen-bond donors (Lipinski definition) is 3. The van der Waals surface area contributed by atoms with Gasteiger partial charge in [-0.3, -0.25) is 4.79 Å². The smallest absolute Gasteiger partial charge is 0.217 e. The number of hydrogen-bond acceptors (Lipinski definition) is 4. The summed E-state index contributed by atoms with van der Waals surface area (Å²) in [6.07, 6.45) is 0.231. The van der Waals surface area contributed by atoms with Gasteiger partial charge in [-0.25, -0.2) is 8.78 Å². The number of ether oxygens (including phenoxy) is 1. The van der Waals surface area contributed by atoms with Crippen molar-refractivity contribution in [2.24, 2.45) is 5.73 Å². The summed E-state index contributed by atoms with van der Waals surface area (Å²) in [6.45, 7) is 2.92. The van der Waals surface area contributed by atoms with Crippen molar-refractivity contribution in [3.63, 3.8) is 0 Å². The van der Waals surface area contributed by atoms with Crippen molar-refractivity contribution in [2.45, 2.75) is 38.1 Å². The first-order valence-corrected chi connectivity index (χ1v) is 9.29. The van der Waals surface area contributed by atoms with E-state index in [-0.39, 0.29) is 18.4 Å². The van der Waals surface area contributed by atoms with Gasteiger partial charge in [-0.05, 0) is 35.2 Å². The highest BCUT2D eigenvalue weighted by Crippen LogP contribution is 2.24. The number of rotatable bonds is 7. The lowest BCUT2D eigenvalue weighted by atomic mass is 9.97. The highest BCUT2D eigenvalue weighted by atomic mass is 19.1. The minimum atomic E-state index is -0.653. The molecule has 4 N–H and O–H groups in total. The average Bonchev–Trinajstić information content (AvgIpc) is 2.64. The zero-order valence-corrected chi connectivity index (χ0v) is 15.8. The van der Waals surface area contributed by atoms with Gasteiger partial charge < -0.3 is 21.1 Å². The van der Waals surface area contributed by atoms with Crippen molar-refractivity contribution in [1.82, 2.24) is 10.6 Å². The summed E-state index contributed by atoms with van der Waals surface area (Å²) < 4.78 is 32.6. The average molecular weight is 389 g/mol. The van der Waals surface area contributed by atoms with Gasteiger partial charge in [-0.1, -0.05) is 24.3 Å². The maximum Gasteiger partial charge on any atom is 0.217 e. The van der Waals surface area contributed by atoms with E-state index >= 15 is 0 Å². The van der Waals surface area contributed by atoms with E-state index < -0.39 is 23.7 Å². The van der Waals surface area contributed by atoms with Crippen LogP contribution in [0.25, 0.3) is 0 Å². The molecule has 0 saturated carbocycles. The van der Waals surface area contributed by atoms with Gasteiger partial charge in [-0.2, -0.15) is 0 Å². The number of fused-ring (bicyclic) bond motifs is 1. The first-order chi connectivity index (χ1) is 13.4. The topological polar surface area (TPSA) is 76.4 Å². The van der Waals surface area contributed by atoms with Crippen LogP contribution in [0.2, 0.25) is 0 Å². The molecular formula is C21H25F2N3O2. The second-order valence-corrected chi connectivity index (χ2v) is 7.13. The molecule has 28 heavy (non-hydrogen) atoms. The molecule has 0 bridgehead atoms. The van der Waals surface area contributed by atoms with Gasteiger partial charge in [0, 0.05) is 31.6 Å². The van der Waals surface area contributed by atoms with Crippen molar-refractivity contribution in [3.05, 3.63) is 70.8 Å². The molecule has 0 aromatic heterocycles. The molecule has 3 atom stereocenters. The van der Waals surface area contributed by atoms with E-state index in [1.54, 1.807) is 0 Å². The van der Waals surface area contributed by atoms with Gasteiger partial charge in [0.15, 0.2) is 0 Å². The lowest BCUT2D eigenvalue weighted by Gasteiger charge is -2.30. The molecule has 3 rings (SSSR count). The monoisotopic (exact) mass is 389 g/mol. The Bertz CT molecular complexity index is 811. The number of carbonyl (C=O) groups excluding carboxylic acids is 1. The molecule has 0 radical (unpaired) electrons. The minimum absolute atomic E-state index is 0.000548. The molecule has 1 aliphatic rings. The fourth-order valence-corrected chi connectivity index (χ4v) is 3.52. The molecule has 150 valence electrons. The van der Waals surface area contributed by atoms with Crippen LogP contribution >= 0.6 is 0 Å². The maximum absolute atomic E-state index is 13.5. The van der Waals surface area contributed by atoms with E-state index in [9.17, 15) is 13.6 Å². The summed E-state index contributed by atoms with van der Waals surface area (Å²) >= 11 is 0. The van der Waals surface area contributed by atoms with Gasteiger partial charge >= 0.3 is 0 Å². The van der Waals surface area contributed by atoms with Crippen molar-refractivity contribution in [3.8, 4) is 0 Å². The normalized spacial score (nSPS) is 18.2. The number of benzene rings is 2. The maximum atomic E-state index is 13.5. The number of carbonyl (C=O) groups is 1. The fourth-order valence-electron chi connectivity index (χ4n) is 3.52. The molecule has 0 aliphatic carbocycles. The van der Waals surface area contributed by atoms with Gasteiger partial charge in [0.2, 0.25) is 5.91 Å². The molecule has 7 heteroatoms. The zero-order valence-electron chi connectivity index (χ0n) is 15.8. The molecule has 1 unspecified atom stereocenters. The molecule has 2 aromatic rings. The van der Waals surface area contributed by atoms with E-state index in [2.05, 4.69) is 16.7 Å². The first-order valence-electron chi connectivity index (χ1n) is 9.29. The van der Waals surface area contributed by atoms with Gasteiger partial charge in [-0.15, -0.1) is 0 Å². The summed E-state index contributed by atoms with van der Waals surface area (Å²) in [5, 5.41) is 6.18. The van der Waals surface area contributed by atoms with Crippen LogP contribution in [0.15, 0.2) is 42.5 Å². The summed E-state index contributed by atoms with van der Waals surface area (Å²) in [4.78, 5) is 11.6. The Morgan fingerprint density at radius 1 is 1.25 bits per heavy atom. The van der Waals surface area contributed by atoms with Gasteiger partial charge in [0.1, 0.15) is 11.6 Å². The molecule has 5 nitrogen and oxygen atoms in total. The molecular weight excluding hydrogens is 364 g/mol. The third-order valence-corrected chi connectivity index (χ3v) is 4.86. The van der Waals surface area contributed by atoms with Gasteiger partial charge in [0.05, 0.1) is 19.3 Å². The highest BCUT2D eigenvalue weighted by molar-refractivity contribution is 5.73. The summed E-state index contributed by atoms with van der Waals surface area (Å²) in [6, 6.07) is 10.4. The van der Waals surface area contributed by atoms with E-state index in [4.69, 9.17) is 10.5 Å². The van der Waals surface area contributed by atoms with Crippen molar-refractivity contribution >= 4 is 5.91 Å². The molecule has 0 spiro atoms. The molecule has 0 fully saturated rings. The van der Waals surface area contributed by atoms with Crippen LogP contribution in [-0.2, 0) is 22.6 Å². The van der Waals surface area contributed by atoms with Crippen molar-refractivity contribution < 1.29 is 18.3 Å². The number of nitrogens with one attached hydrogen (secondary N) is 2. The molecule has 2 aromatic carbocycles. The largest absolute Gasteiger partial charge is 0.375 e. The Labute approximate surface area is 163 Å². The SMILES string of the molecule is CC(=O)N[C@@H](Cc1cc(F)cc(F)c1)[C@@H](N)CNC1COCc2ccccc21. The van der Waals surface area contributed by atoms with E-state index in [1.165, 1.54) is 24.6 Å². The van der Waals surface area contributed by atoms with E-state index in [0.29, 0.717) is 25.3 Å². The van der Waals surface area contributed by atoms with E-state index in [1.807, 2.05) is 18.2 Å². The van der Waals surface area contributed by atoms with Crippen LogP contribution in [0.5, 0.6) is 0 Å². The Morgan fingerprint density at radius 2 is 1.96 bits per heavy atom. The lowest BCUT2D eigenvalue weighted by molar-refractivity contribution is -0.119. The highest BCUT2D eigenvalue weighted by Gasteiger charge is 2.24. The number of nitrogens with two attached hydrogens (primary N) is 1. The van der Waals surface area contributed by atoms with Crippen LogP contribution in [0.1, 0.15) is 29.7 Å². The molecule has 1 aliphatic heterocycles. The Kier molecular flexibility index (Phi) is 6.72.